The molecule has 0 saturated carbocycles. The second-order valence-electron chi connectivity index (χ2n) is 7.37. The number of piperidine rings is 2. The largest absolute Gasteiger partial charge is 0.343 e. The van der Waals surface area contributed by atoms with Crippen LogP contribution in [0.3, 0.4) is 0 Å². The molecule has 0 spiro atoms. The quantitative estimate of drug-likeness (QED) is 0.793. The van der Waals surface area contributed by atoms with Crippen molar-refractivity contribution in [3.63, 3.8) is 0 Å². The first-order valence-electron chi connectivity index (χ1n) is 8.45. The van der Waals surface area contributed by atoms with Crippen LogP contribution < -0.4 is 0 Å². The lowest BCUT2D eigenvalue weighted by molar-refractivity contribution is -0.131. The second kappa shape index (κ2) is 6.93. The average Bonchev–Trinajstić information content (AvgIpc) is 2.41. The van der Waals surface area contributed by atoms with E-state index < -0.39 is 0 Å². The van der Waals surface area contributed by atoms with E-state index in [0.717, 1.165) is 30.8 Å². The highest BCUT2D eigenvalue weighted by Gasteiger charge is 2.30. The summed E-state index contributed by atoms with van der Waals surface area (Å²) in [6.07, 6.45) is 3.93. The second-order valence-corrected chi connectivity index (χ2v) is 7.37. The van der Waals surface area contributed by atoms with E-state index in [1.54, 1.807) is 6.92 Å². The first-order valence-corrected chi connectivity index (χ1v) is 8.45. The Balaban J connectivity index is 1.76. The molecule has 0 radical (unpaired) electrons. The van der Waals surface area contributed by atoms with Crippen LogP contribution in [0.25, 0.3) is 0 Å². The molecule has 0 aromatic heterocycles. The fourth-order valence-corrected chi connectivity index (χ4v) is 3.89. The van der Waals surface area contributed by atoms with Gasteiger partial charge in [-0.15, -0.1) is 0 Å². The number of carbonyl (C=O) groups is 1. The highest BCUT2D eigenvalue weighted by atomic mass is 16.2. The Labute approximate surface area is 124 Å². The van der Waals surface area contributed by atoms with Gasteiger partial charge < -0.3 is 9.80 Å². The monoisotopic (exact) mass is 280 g/mol. The summed E-state index contributed by atoms with van der Waals surface area (Å²) in [5.74, 6) is 3.45. The number of nitrogens with zero attached hydrogens (tertiary/aromatic N) is 2. The lowest BCUT2D eigenvalue weighted by Crippen LogP contribution is -2.46. The number of carbonyl (C=O) groups excluding carboxylic acids is 1. The third-order valence-electron chi connectivity index (χ3n) is 5.60. The van der Waals surface area contributed by atoms with E-state index in [9.17, 15) is 4.79 Å². The first-order chi connectivity index (χ1) is 9.47. The number of amides is 1. The van der Waals surface area contributed by atoms with Crippen LogP contribution >= 0.6 is 0 Å². The third-order valence-corrected chi connectivity index (χ3v) is 5.60. The van der Waals surface area contributed by atoms with Gasteiger partial charge in [0.25, 0.3) is 0 Å². The van der Waals surface area contributed by atoms with Gasteiger partial charge in [-0.2, -0.15) is 0 Å². The summed E-state index contributed by atoms with van der Waals surface area (Å²) >= 11 is 0. The van der Waals surface area contributed by atoms with Gasteiger partial charge in [0, 0.05) is 26.6 Å². The zero-order chi connectivity index (χ0) is 14.7. The van der Waals surface area contributed by atoms with E-state index in [2.05, 4.69) is 25.7 Å². The molecule has 2 unspecified atom stereocenters. The summed E-state index contributed by atoms with van der Waals surface area (Å²) in [7, 11) is 0. The SMILES string of the molecule is CC(=O)N1CCC(CN2CCC(C(C)C)CC2)C(C)C1. The van der Waals surface area contributed by atoms with Crippen LogP contribution in [0.1, 0.15) is 47.0 Å². The lowest BCUT2D eigenvalue weighted by Gasteiger charge is -2.41. The van der Waals surface area contributed by atoms with Crippen molar-refractivity contribution in [1.82, 2.24) is 9.80 Å². The van der Waals surface area contributed by atoms with Gasteiger partial charge in [-0.05, 0) is 56.0 Å². The molecule has 2 fully saturated rings. The Morgan fingerprint density at radius 2 is 1.80 bits per heavy atom. The van der Waals surface area contributed by atoms with E-state index in [1.165, 1.54) is 38.9 Å². The molecule has 0 aromatic carbocycles. The summed E-state index contributed by atoms with van der Waals surface area (Å²) < 4.78 is 0. The summed E-state index contributed by atoms with van der Waals surface area (Å²) in [5, 5.41) is 0. The Hall–Kier alpha value is -0.570. The topological polar surface area (TPSA) is 23.6 Å². The van der Waals surface area contributed by atoms with Crippen LogP contribution in [0.5, 0.6) is 0 Å². The minimum absolute atomic E-state index is 0.244. The summed E-state index contributed by atoms with van der Waals surface area (Å²) in [4.78, 5) is 16.1. The molecule has 0 aromatic rings. The van der Waals surface area contributed by atoms with E-state index in [4.69, 9.17) is 0 Å². The standard InChI is InChI=1S/C17H32N2O/c1-13(2)16-5-8-18(9-6-16)12-17-7-10-19(15(4)20)11-14(17)3/h13-14,16-17H,5-12H2,1-4H3. The number of hydrogen-bond acceptors (Lipinski definition) is 2. The molecule has 2 aliphatic heterocycles. The smallest absolute Gasteiger partial charge is 0.219 e. The molecule has 0 bridgehead atoms. The summed E-state index contributed by atoms with van der Waals surface area (Å²) in [5.41, 5.74) is 0. The number of hydrogen-bond donors (Lipinski definition) is 0. The van der Waals surface area contributed by atoms with Crippen molar-refractivity contribution < 1.29 is 4.79 Å². The van der Waals surface area contributed by atoms with Crippen LogP contribution in [-0.2, 0) is 4.79 Å². The minimum atomic E-state index is 0.244. The van der Waals surface area contributed by atoms with Crippen LogP contribution in [-0.4, -0.2) is 48.4 Å². The lowest BCUT2D eigenvalue weighted by atomic mass is 9.84. The Morgan fingerprint density at radius 1 is 1.15 bits per heavy atom. The van der Waals surface area contributed by atoms with Crippen molar-refractivity contribution >= 4 is 5.91 Å². The molecular weight excluding hydrogens is 248 g/mol. The van der Waals surface area contributed by atoms with Gasteiger partial charge in [-0.1, -0.05) is 20.8 Å². The van der Waals surface area contributed by atoms with Gasteiger partial charge in [-0.25, -0.2) is 0 Å². The maximum atomic E-state index is 11.5. The Kier molecular flexibility index (Phi) is 5.48. The van der Waals surface area contributed by atoms with Gasteiger partial charge in [-0.3, -0.25) is 4.79 Å². The highest BCUT2D eigenvalue weighted by molar-refractivity contribution is 5.73. The van der Waals surface area contributed by atoms with E-state index in [1.807, 2.05) is 4.90 Å². The fourth-order valence-electron chi connectivity index (χ4n) is 3.89. The first kappa shape index (κ1) is 15.8. The van der Waals surface area contributed by atoms with Crippen LogP contribution in [0.2, 0.25) is 0 Å². The molecule has 0 aliphatic carbocycles. The third kappa shape index (κ3) is 3.97. The molecule has 2 atom stereocenters. The van der Waals surface area contributed by atoms with Crippen LogP contribution in [0.4, 0.5) is 0 Å². The molecule has 2 aliphatic rings. The maximum absolute atomic E-state index is 11.5. The van der Waals surface area contributed by atoms with Crippen molar-refractivity contribution in [3.05, 3.63) is 0 Å². The predicted octanol–water partition coefficient (Wildman–Crippen LogP) is 2.86. The average molecular weight is 280 g/mol. The van der Waals surface area contributed by atoms with Crippen molar-refractivity contribution in [1.29, 1.82) is 0 Å². The molecule has 0 N–H and O–H groups in total. The van der Waals surface area contributed by atoms with E-state index >= 15 is 0 Å². The highest BCUT2D eigenvalue weighted by Crippen LogP contribution is 2.28. The van der Waals surface area contributed by atoms with Crippen LogP contribution in [0, 0.1) is 23.7 Å². The zero-order valence-electron chi connectivity index (χ0n) is 13.8. The molecular formula is C17H32N2O. The summed E-state index contributed by atoms with van der Waals surface area (Å²) in [6.45, 7) is 14.5. The fraction of sp³-hybridized carbons (Fsp3) is 0.941. The molecule has 2 rings (SSSR count). The molecule has 3 heteroatoms. The molecule has 1 amide bonds. The predicted molar refractivity (Wildman–Crippen MR) is 83.5 cm³/mol. The molecule has 2 saturated heterocycles. The zero-order valence-corrected chi connectivity index (χ0v) is 13.8. The van der Waals surface area contributed by atoms with Gasteiger partial charge in [0.15, 0.2) is 0 Å². The van der Waals surface area contributed by atoms with Gasteiger partial charge in [0.2, 0.25) is 5.91 Å². The number of rotatable bonds is 3. The van der Waals surface area contributed by atoms with Crippen molar-refractivity contribution in [2.75, 3.05) is 32.7 Å². The Morgan fingerprint density at radius 3 is 2.30 bits per heavy atom. The summed E-state index contributed by atoms with van der Waals surface area (Å²) in [6, 6.07) is 0. The number of likely N-dealkylation sites (tertiary alicyclic amines) is 2. The molecule has 2 heterocycles. The van der Waals surface area contributed by atoms with Crippen molar-refractivity contribution in [2.24, 2.45) is 23.7 Å². The maximum Gasteiger partial charge on any atom is 0.219 e. The Bertz CT molecular complexity index is 321. The normalized spacial score (nSPS) is 29.9. The van der Waals surface area contributed by atoms with Gasteiger partial charge in [0.1, 0.15) is 0 Å². The van der Waals surface area contributed by atoms with E-state index in [-0.39, 0.29) is 5.91 Å². The molecule has 116 valence electrons. The molecule has 3 nitrogen and oxygen atoms in total. The van der Waals surface area contributed by atoms with Gasteiger partial charge in [0.05, 0.1) is 0 Å². The van der Waals surface area contributed by atoms with Crippen LogP contribution in [0.15, 0.2) is 0 Å². The van der Waals surface area contributed by atoms with E-state index in [0.29, 0.717) is 5.92 Å². The van der Waals surface area contributed by atoms with Crippen molar-refractivity contribution in [3.8, 4) is 0 Å². The molecule has 20 heavy (non-hydrogen) atoms. The minimum Gasteiger partial charge on any atom is -0.343 e. The van der Waals surface area contributed by atoms with Crippen molar-refractivity contribution in [2.45, 2.75) is 47.0 Å². The van der Waals surface area contributed by atoms with Gasteiger partial charge >= 0.3 is 0 Å².